The normalized spacial score (nSPS) is 27.0. The van der Waals surface area contributed by atoms with Gasteiger partial charge in [0.05, 0.1) is 13.2 Å². The summed E-state index contributed by atoms with van der Waals surface area (Å²) in [7, 11) is 0. The van der Waals surface area contributed by atoms with Crippen molar-refractivity contribution < 1.29 is 14.0 Å². The summed E-state index contributed by atoms with van der Waals surface area (Å²) in [5.74, 6) is 0. The number of hydrogen-bond acceptors (Lipinski definition) is 2. The molecule has 0 aromatic carbocycles. The summed E-state index contributed by atoms with van der Waals surface area (Å²) in [5.41, 5.74) is 1.26. The van der Waals surface area contributed by atoms with Gasteiger partial charge in [-0.05, 0) is 19.4 Å². The molecule has 1 aliphatic carbocycles. The van der Waals surface area contributed by atoms with Crippen LogP contribution in [0.25, 0.3) is 0 Å². The number of ether oxygens (including phenoxy) is 2. The maximum absolute atomic E-state index is 5.63. The van der Waals surface area contributed by atoms with Gasteiger partial charge >= 0.3 is 0 Å². The molecule has 0 bridgehead atoms. The third kappa shape index (κ3) is 2.77. The Bertz CT molecular complexity index is 503. The van der Waals surface area contributed by atoms with Gasteiger partial charge in [-0.25, -0.2) is 0 Å². The molecule has 0 radical (unpaired) electrons. The van der Waals surface area contributed by atoms with Gasteiger partial charge in [-0.1, -0.05) is 24.3 Å². The van der Waals surface area contributed by atoms with Crippen molar-refractivity contribution in [2.24, 2.45) is 5.41 Å². The molecule has 1 saturated heterocycles. The quantitative estimate of drug-likeness (QED) is 0.777. The lowest BCUT2D eigenvalue weighted by Gasteiger charge is -2.24. The van der Waals surface area contributed by atoms with Crippen molar-refractivity contribution in [3.8, 4) is 0 Å². The van der Waals surface area contributed by atoms with Crippen LogP contribution in [0.2, 0.25) is 0 Å². The highest BCUT2D eigenvalue weighted by molar-refractivity contribution is 5.14. The van der Waals surface area contributed by atoms with E-state index in [4.69, 9.17) is 9.47 Å². The second-order valence-corrected chi connectivity index (χ2v) is 5.47. The van der Waals surface area contributed by atoms with Crippen LogP contribution in [0.1, 0.15) is 25.3 Å². The van der Waals surface area contributed by atoms with Gasteiger partial charge in [-0.15, -0.1) is 0 Å². The molecular formula is C16H20NO2+. The van der Waals surface area contributed by atoms with Crippen molar-refractivity contribution in [3.63, 3.8) is 0 Å². The molecule has 3 nitrogen and oxygen atoms in total. The first-order chi connectivity index (χ1) is 9.27. The van der Waals surface area contributed by atoms with Crippen molar-refractivity contribution in [1.29, 1.82) is 0 Å². The summed E-state index contributed by atoms with van der Waals surface area (Å²) in [6.07, 6.45) is 11.7. The van der Waals surface area contributed by atoms with Gasteiger partial charge in [-0.2, -0.15) is 4.57 Å². The van der Waals surface area contributed by atoms with Crippen LogP contribution in [0.15, 0.2) is 48.7 Å². The minimum Gasteiger partial charge on any atom is -0.341 e. The largest absolute Gasteiger partial charge is 0.341 e. The first-order valence-electron chi connectivity index (χ1n) is 6.83. The predicted octanol–water partition coefficient (Wildman–Crippen LogP) is 2.54. The highest BCUT2D eigenvalue weighted by Crippen LogP contribution is 2.28. The second-order valence-electron chi connectivity index (χ2n) is 5.47. The highest BCUT2D eigenvalue weighted by atomic mass is 16.7. The fraction of sp³-hybridized carbons (Fsp3) is 0.438. The van der Waals surface area contributed by atoms with E-state index in [0.717, 1.165) is 18.7 Å². The summed E-state index contributed by atoms with van der Waals surface area (Å²) in [5, 5.41) is 0. The zero-order valence-corrected chi connectivity index (χ0v) is 11.3. The Hall–Kier alpha value is -1.45. The molecule has 0 N–H and O–H groups in total. The Labute approximate surface area is 114 Å². The number of nitrogens with zero attached hydrogens (tertiary/aromatic N) is 1. The first-order valence-corrected chi connectivity index (χ1v) is 6.83. The van der Waals surface area contributed by atoms with Gasteiger partial charge in [0, 0.05) is 17.5 Å². The Morgan fingerprint density at radius 2 is 2.11 bits per heavy atom. The second kappa shape index (κ2) is 5.27. The maximum Gasteiger partial charge on any atom is 0.245 e. The van der Waals surface area contributed by atoms with E-state index in [1.807, 2.05) is 6.07 Å². The fourth-order valence-corrected chi connectivity index (χ4v) is 2.65. The molecule has 0 amide bonds. The SMILES string of the molecule is CC1(C[n+]2ccccc2C2OCCO2)C=CC=CC1. The standard InChI is InChI=1S/C16H20NO2/c1-16(8-4-2-5-9-16)13-17-10-6-3-7-14(17)15-18-11-12-19-15/h2-8,10,15H,9,11-13H2,1H3/q+1. The van der Waals surface area contributed by atoms with Crippen molar-refractivity contribution >= 4 is 0 Å². The molecule has 1 aliphatic heterocycles. The first kappa shape index (κ1) is 12.6. The number of aromatic nitrogens is 1. The van der Waals surface area contributed by atoms with Gasteiger partial charge in [0.2, 0.25) is 12.0 Å². The number of pyridine rings is 1. The van der Waals surface area contributed by atoms with E-state index in [9.17, 15) is 0 Å². The minimum atomic E-state index is -0.215. The molecule has 1 aromatic heterocycles. The molecule has 2 heterocycles. The molecular weight excluding hydrogens is 238 g/mol. The topological polar surface area (TPSA) is 22.3 Å². The van der Waals surface area contributed by atoms with E-state index < -0.39 is 0 Å². The van der Waals surface area contributed by atoms with Gasteiger partial charge in [0.1, 0.15) is 0 Å². The van der Waals surface area contributed by atoms with Gasteiger partial charge in [-0.3, -0.25) is 0 Å². The number of allylic oxidation sites excluding steroid dienone is 4. The summed E-state index contributed by atoms with van der Waals surface area (Å²) in [4.78, 5) is 0. The summed E-state index contributed by atoms with van der Waals surface area (Å²) >= 11 is 0. The zero-order valence-electron chi connectivity index (χ0n) is 11.3. The zero-order chi connectivity index (χ0) is 13.1. The highest BCUT2D eigenvalue weighted by Gasteiger charge is 2.32. The van der Waals surface area contributed by atoms with Crippen molar-refractivity contribution in [1.82, 2.24) is 0 Å². The lowest BCUT2D eigenvalue weighted by molar-refractivity contribution is -0.720. The summed E-state index contributed by atoms with van der Waals surface area (Å²) < 4.78 is 13.5. The Balaban J connectivity index is 1.84. The van der Waals surface area contributed by atoms with Gasteiger partial charge in [0.25, 0.3) is 0 Å². The van der Waals surface area contributed by atoms with E-state index >= 15 is 0 Å². The molecule has 0 saturated carbocycles. The van der Waals surface area contributed by atoms with E-state index in [1.54, 1.807) is 0 Å². The van der Waals surface area contributed by atoms with Crippen LogP contribution in [-0.2, 0) is 16.0 Å². The van der Waals surface area contributed by atoms with Crippen LogP contribution in [0.4, 0.5) is 0 Å². The van der Waals surface area contributed by atoms with Crippen LogP contribution in [-0.4, -0.2) is 13.2 Å². The van der Waals surface area contributed by atoms with Crippen LogP contribution < -0.4 is 4.57 Å². The predicted molar refractivity (Wildman–Crippen MR) is 72.3 cm³/mol. The lowest BCUT2D eigenvalue weighted by Crippen LogP contribution is -2.45. The van der Waals surface area contributed by atoms with E-state index in [2.05, 4.69) is 54.1 Å². The molecule has 100 valence electrons. The van der Waals surface area contributed by atoms with E-state index in [-0.39, 0.29) is 11.7 Å². The third-order valence-electron chi connectivity index (χ3n) is 3.70. The number of rotatable bonds is 3. The maximum atomic E-state index is 5.63. The summed E-state index contributed by atoms with van der Waals surface area (Å²) in [6, 6.07) is 6.18. The van der Waals surface area contributed by atoms with Crippen LogP contribution in [0, 0.1) is 5.41 Å². The van der Waals surface area contributed by atoms with E-state index in [0.29, 0.717) is 13.2 Å². The van der Waals surface area contributed by atoms with Gasteiger partial charge < -0.3 is 9.47 Å². The molecule has 1 fully saturated rings. The molecule has 3 rings (SSSR count). The van der Waals surface area contributed by atoms with Crippen molar-refractivity contribution in [3.05, 3.63) is 54.4 Å². The van der Waals surface area contributed by atoms with Crippen molar-refractivity contribution in [2.45, 2.75) is 26.2 Å². The Kier molecular flexibility index (Phi) is 3.49. The smallest absolute Gasteiger partial charge is 0.245 e. The summed E-state index contributed by atoms with van der Waals surface area (Å²) in [6.45, 7) is 4.58. The van der Waals surface area contributed by atoms with Gasteiger partial charge in [0.15, 0.2) is 12.7 Å². The molecule has 2 aliphatic rings. The average molecular weight is 258 g/mol. The van der Waals surface area contributed by atoms with Crippen LogP contribution in [0.3, 0.4) is 0 Å². The van der Waals surface area contributed by atoms with E-state index in [1.165, 1.54) is 0 Å². The van der Waals surface area contributed by atoms with Crippen LogP contribution >= 0.6 is 0 Å². The molecule has 19 heavy (non-hydrogen) atoms. The molecule has 1 atom stereocenters. The molecule has 1 unspecified atom stereocenters. The monoisotopic (exact) mass is 258 g/mol. The fourth-order valence-electron chi connectivity index (χ4n) is 2.65. The Morgan fingerprint density at radius 3 is 2.84 bits per heavy atom. The molecule has 0 spiro atoms. The van der Waals surface area contributed by atoms with Crippen molar-refractivity contribution in [2.75, 3.05) is 13.2 Å². The van der Waals surface area contributed by atoms with Crippen LogP contribution in [0.5, 0.6) is 0 Å². The third-order valence-corrected chi connectivity index (χ3v) is 3.70. The average Bonchev–Trinajstić information content (AvgIpc) is 2.93. The number of hydrogen-bond donors (Lipinski definition) is 0. The molecule has 1 aromatic rings. The Morgan fingerprint density at radius 1 is 1.26 bits per heavy atom. The molecule has 3 heteroatoms. The lowest BCUT2D eigenvalue weighted by atomic mass is 9.83. The minimum absolute atomic E-state index is 0.161.